The van der Waals surface area contributed by atoms with E-state index in [9.17, 15) is 5.11 Å². The predicted molar refractivity (Wildman–Crippen MR) is 106 cm³/mol. The molecule has 2 aromatic carbocycles. The Labute approximate surface area is 161 Å². The average Bonchev–Trinajstić information content (AvgIpc) is 3.11. The summed E-state index contributed by atoms with van der Waals surface area (Å²) < 4.78 is 1.87. The van der Waals surface area contributed by atoms with Gasteiger partial charge in [-0.25, -0.2) is 4.68 Å². The molecule has 2 heterocycles. The molecule has 136 valence electrons. The van der Waals surface area contributed by atoms with Gasteiger partial charge in [0, 0.05) is 22.1 Å². The number of aromatic amines is 1. The van der Waals surface area contributed by atoms with E-state index in [1.165, 1.54) is 0 Å². The lowest BCUT2D eigenvalue weighted by molar-refractivity contribution is 0.113. The first-order valence-electron chi connectivity index (χ1n) is 8.99. The van der Waals surface area contributed by atoms with Gasteiger partial charge in [-0.15, -0.1) is 0 Å². The molecule has 0 spiro atoms. The molecule has 1 unspecified atom stereocenters. The minimum atomic E-state index is -0.805. The highest BCUT2D eigenvalue weighted by atomic mass is 35.5. The topological polar surface area (TPSA) is 65.9 Å². The summed E-state index contributed by atoms with van der Waals surface area (Å²) in [6, 6.07) is 19.6. The number of hydrogen-bond donors (Lipinski definition) is 3. The van der Waals surface area contributed by atoms with Gasteiger partial charge in [-0.05, 0) is 55.3 Å². The smallest absolute Gasteiger partial charge is 0.146 e. The van der Waals surface area contributed by atoms with Gasteiger partial charge in [0.25, 0.3) is 0 Å². The van der Waals surface area contributed by atoms with Crippen LogP contribution in [0.25, 0.3) is 16.6 Å². The maximum atomic E-state index is 10.7. The van der Waals surface area contributed by atoms with Crippen molar-refractivity contribution in [2.45, 2.75) is 24.6 Å². The lowest BCUT2D eigenvalue weighted by atomic mass is 10.1. The van der Waals surface area contributed by atoms with Crippen LogP contribution in [-0.4, -0.2) is 19.9 Å². The summed E-state index contributed by atoms with van der Waals surface area (Å²) in [7, 11) is 0. The molecule has 0 aliphatic heterocycles. The quantitative estimate of drug-likeness (QED) is 0.454. The zero-order valence-electron chi connectivity index (χ0n) is 14.6. The van der Waals surface area contributed by atoms with Crippen molar-refractivity contribution in [3.05, 3.63) is 83.3 Å². The van der Waals surface area contributed by atoms with Crippen molar-refractivity contribution >= 4 is 22.5 Å². The number of rotatable bonds is 5. The van der Waals surface area contributed by atoms with E-state index in [-0.39, 0.29) is 5.54 Å². The lowest BCUT2D eigenvalue weighted by Crippen LogP contribution is -2.33. The van der Waals surface area contributed by atoms with E-state index >= 15 is 0 Å². The van der Waals surface area contributed by atoms with Gasteiger partial charge in [0.1, 0.15) is 6.23 Å². The average molecular weight is 379 g/mol. The molecule has 4 aromatic rings. The van der Waals surface area contributed by atoms with Crippen LogP contribution < -0.4 is 5.32 Å². The van der Waals surface area contributed by atoms with Crippen molar-refractivity contribution in [3.63, 3.8) is 0 Å². The first kappa shape index (κ1) is 16.6. The molecular weight excluding hydrogens is 360 g/mol. The van der Waals surface area contributed by atoms with Crippen molar-refractivity contribution in [2.75, 3.05) is 0 Å². The molecule has 27 heavy (non-hydrogen) atoms. The number of fused-ring (bicyclic) bond motifs is 1. The van der Waals surface area contributed by atoms with E-state index in [1.807, 2.05) is 71.5 Å². The molecule has 1 atom stereocenters. The van der Waals surface area contributed by atoms with Gasteiger partial charge in [0.15, 0.2) is 0 Å². The molecule has 0 saturated heterocycles. The van der Waals surface area contributed by atoms with E-state index in [1.54, 1.807) is 0 Å². The summed E-state index contributed by atoms with van der Waals surface area (Å²) in [5.74, 6) is 0. The van der Waals surface area contributed by atoms with Gasteiger partial charge < -0.3 is 10.1 Å². The Morgan fingerprint density at radius 3 is 2.70 bits per heavy atom. The minimum Gasteiger partial charge on any atom is -0.373 e. The highest BCUT2D eigenvalue weighted by Crippen LogP contribution is 2.46. The van der Waals surface area contributed by atoms with Crippen LogP contribution in [0.2, 0.25) is 5.02 Å². The van der Waals surface area contributed by atoms with Crippen LogP contribution in [0.1, 0.15) is 30.5 Å². The molecular formula is C21H19ClN4O. The largest absolute Gasteiger partial charge is 0.373 e. The van der Waals surface area contributed by atoms with E-state index in [2.05, 4.69) is 10.3 Å². The van der Waals surface area contributed by atoms with Gasteiger partial charge in [0.2, 0.25) is 0 Å². The maximum Gasteiger partial charge on any atom is 0.146 e. The molecule has 0 amide bonds. The van der Waals surface area contributed by atoms with E-state index in [4.69, 9.17) is 16.7 Å². The van der Waals surface area contributed by atoms with Gasteiger partial charge in [-0.3, -0.25) is 5.32 Å². The second kappa shape index (κ2) is 6.23. The molecule has 1 fully saturated rings. The van der Waals surface area contributed by atoms with Gasteiger partial charge in [-0.1, -0.05) is 29.8 Å². The number of aliphatic hydroxyl groups excluding tert-OH is 1. The fraction of sp³-hybridized carbons (Fsp3) is 0.190. The second-order valence-electron chi connectivity index (χ2n) is 7.07. The Balaban J connectivity index is 1.39. The third-order valence-electron chi connectivity index (χ3n) is 5.16. The van der Waals surface area contributed by atoms with Crippen molar-refractivity contribution in [1.29, 1.82) is 0 Å². The van der Waals surface area contributed by atoms with Crippen LogP contribution in [0.4, 0.5) is 0 Å². The fourth-order valence-electron chi connectivity index (χ4n) is 3.52. The maximum absolute atomic E-state index is 10.7. The number of para-hydroxylation sites is 1. The Morgan fingerprint density at radius 2 is 1.93 bits per heavy atom. The Morgan fingerprint density at radius 1 is 1.11 bits per heavy atom. The monoisotopic (exact) mass is 378 g/mol. The standard InChI is InChI=1S/C21H19ClN4O/c22-15-6-7-17-14(12-15)13-18(23-17)20(27)24-21(9-10-21)19-8-11-26(25-19)16-4-2-1-3-5-16/h1-8,11-13,20,23-24,27H,9-10H2. The van der Waals surface area contributed by atoms with Crippen LogP contribution in [0, 0.1) is 0 Å². The van der Waals surface area contributed by atoms with E-state index in [0.29, 0.717) is 5.02 Å². The molecule has 1 aliphatic carbocycles. The number of hydrogen-bond acceptors (Lipinski definition) is 3. The molecule has 1 aliphatic rings. The molecule has 6 heteroatoms. The molecule has 1 saturated carbocycles. The molecule has 5 nitrogen and oxygen atoms in total. The van der Waals surface area contributed by atoms with Crippen LogP contribution in [0.3, 0.4) is 0 Å². The van der Waals surface area contributed by atoms with Crippen LogP contribution >= 0.6 is 11.6 Å². The number of aliphatic hydroxyl groups is 1. The molecule has 2 aromatic heterocycles. The SMILES string of the molecule is OC(NC1(c2ccn(-c3ccccc3)n2)CC1)c1cc2cc(Cl)ccc2[nH]1. The van der Waals surface area contributed by atoms with E-state index < -0.39 is 6.23 Å². The van der Waals surface area contributed by atoms with Gasteiger partial charge in [-0.2, -0.15) is 5.10 Å². The summed E-state index contributed by atoms with van der Waals surface area (Å²) in [5.41, 5.74) is 3.36. The molecule has 3 N–H and O–H groups in total. The van der Waals surface area contributed by atoms with Crippen LogP contribution in [0.15, 0.2) is 66.9 Å². The summed E-state index contributed by atoms with van der Waals surface area (Å²) in [4.78, 5) is 3.26. The molecule has 0 radical (unpaired) electrons. The number of nitrogens with one attached hydrogen (secondary N) is 2. The van der Waals surface area contributed by atoms with Crippen molar-refractivity contribution < 1.29 is 5.11 Å². The molecule has 5 rings (SSSR count). The van der Waals surface area contributed by atoms with Crippen molar-refractivity contribution in [1.82, 2.24) is 20.1 Å². The minimum absolute atomic E-state index is 0.283. The van der Waals surface area contributed by atoms with Crippen LogP contribution in [-0.2, 0) is 5.54 Å². The highest BCUT2D eigenvalue weighted by molar-refractivity contribution is 6.31. The van der Waals surface area contributed by atoms with Crippen molar-refractivity contribution in [3.8, 4) is 5.69 Å². The Hall–Kier alpha value is -2.60. The van der Waals surface area contributed by atoms with E-state index in [0.717, 1.165) is 40.8 Å². The zero-order valence-corrected chi connectivity index (χ0v) is 15.3. The van der Waals surface area contributed by atoms with Gasteiger partial charge in [0.05, 0.1) is 22.6 Å². The highest BCUT2D eigenvalue weighted by Gasteiger charge is 2.47. The number of H-pyrrole nitrogens is 1. The molecule has 0 bridgehead atoms. The zero-order chi connectivity index (χ0) is 18.4. The Kier molecular flexibility index (Phi) is 3.82. The van der Waals surface area contributed by atoms with Crippen LogP contribution in [0.5, 0.6) is 0 Å². The number of halogens is 1. The van der Waals surface area contributed by atoms with Crippen molar-refractivity contribution in [2.24, 2.45) is 0 Å². The first-order chi connectivity index (χ1) is 13.1. The summed E-state index contributed by atoms with van der Waals surface area (Å²) >= 11 is 6.05. The summed E-state index contributed by atoms with van der Waals surface area (Å²) in [6.07, 6.45) is 3.05. The third kappa shape index (κ3) is 3.04. The number of nitrogens with zero attached hydrogens (tertiary/aromatic N) is 2. The summed E-state index contributed by atoms with van der Waals surface area (Å²) in [5, 5.41) is 20.5. The predicted octanol–water partition coefficient (Wildman–Crippen LogP) is 4.28. The number of aromatic nitrogens is 3. The second-order valence-corrected chi connectivity index (χ2v) is 7.50. The third-order valence-corrected chi connectivity index (χ3v) is 5.40. The normalized spacial score (nSPS) is 16.5. The lowest BCUT2D eigenvalue weighted by Gasteiger charge is -2.19. The van der Waals surface area contributed by atoms with Gasteiger partial charge >= 0.3 is 0 Å². The number of benzene rings is 2. The fourth-order valence-corrected chi connectivity index (χ4v) is 3.70. The Bertz CT molecular complexity index is 1100. The first-order valence-corrected chi connectivity index (χ1v) is 9.36. The summed E-state index contributed by atoms with van der Waals surface area (Å²) in [6.45, 7) is 0.